The average molecular weight is 374 g/mol. The highest BCUT2D eigenvalue weighted by molar-refractivity contribution is 7.08. The molecule has 1 atom stereocenters. The van der Waals surface area contributed by atoms with Crippen molar-refractivity contribution in [1.82, 2.24) is 4.90 Å². The summed E-state index contributed by atoms with van der Waals surface area (Å²) in [4.78, 5) is 27.1. The van der Waals surface area contributed by atoms with Crippen LogP contribution in [0.4, 0.5) is 5.69 Å². The van der Waals surface area contributed by atoms with Crippen LogP contribution in [0.3, 0.4) is 0 Å². The van der Waals surface area contributed by atoms with Crippen molar-refractivity contribution in [3.8, 4) is 11.5 Å². The fraction of sp³-hybridized carbons (Fsp3) is 0.368. The third-order valence-corrected chi connectivity index (χ3v) is 5.53. The number of rotatable bonds is 6. The first-order chi connectivity index (χ1) is 12.5. The summed E-state index contributed by atoms with van der Waals surface area (Å²) in [6, 6.07) is 7.13. The molecular formula is C19H22N2O4S. The number of nitrogens with one attached hydrogen (secondary N) is 1. The number of hydrogen-bond donors (Lipinski definition) is 1. The fourth-order valence-corrected chi connectivity index (χ4v) is 3.70. The monoisotopic (exact) mass is 374 g/mol. The molecule has 26 heavy (non-hydrogen) atoms. The summed E-state index contributed by atoms with van der Waals surface area (Å²) in [7, 11) is 3.10. The van der Waals surface area contributed by atoms with Gasteiger partial charge in [0.1, 0.15) is 17.0 Å². The second-order valence-electron chi connectivity index (χ2n) is 6.40. The summed E-state index contributed by atoms with van der Waals surface area (Å²) in [5, 5.41) is 6.79. The largest absolute Gasteiger partial charge is 0.497 e. The van der Waals surface area contributed by atoms with E-state index in [-0.39, 0.29) is 11.8 Å². The van der Waals surface area contributed by atoms with Crippen LogP contribution in [-0.4, -0.2) is 43.0 Å². The van der Waals surface area contributed by atoms with Gasteiger partial charge in [0.15, 0.2) is 0 Å². The maximum absolute atomic E-state index is 12.9. The van der Waals surface area contributed by atoms with Crippen molar-refractivity contribution in [3.63, 3.8) is 0 Å². The van der Waals surface area contributed by atoms with E-state index < -0.39 is 5.54 Å². The number of carbonyl (C=O) groups is 2. The van der Waals surface area contributed by atoms with Gasteiger partial charge in [-0.05, 0) is 47.9 Å². The molecule has 1 aliphatic heterocycles. The Kier molecular flexibility index (Phi) is 5.18. The van der Waals surface area contributed by atoms with E-state index in [0.29, 0.717) is 36.6 Å². The Hall–Kier alpha value is -2.54. The normalized spacial score (nSPS) is 18.8. The van der Waals surface area contributed by atoms with E-state index in [2.05, 4.69) is 5.32 Å². The number of carbonyl (C=O) groups excluding carboxylic acids is 2. The van der Waals surface area contributed by atoms with Crippen LogP contribution in [0.1, 0.15) is 18.9 Å². The number of likely N-dealkylation sites (tertiary alicyclic amines) is 1. The highest BCUT2D eigenvalue weighted by Gasteiger charge is 2.49. The van der Waals surface area contributed by atoms with E-state index >= 15 is 0 Å². The van der Waals surface area contributed by atoms with Crippen molar-refractivity contribution in [2.75, 3.05) is 26.1 Å². The predicted molar refractivity (Wildman–Crippen MR) is 101 cm³/mol. The number of hydrogen-bond acceptors (Lipinski definition) is 5. The Morgan fingerprint density at radius 3 is 2.65 bits per heavy atom. The lowest BCUT2D eigenvalue weighted by molar-refractivity contribution is -0.154. The number of thiophene rings is 1. The Balaban J connectivity index is 1.73. The SMILES string of the molecule is COc1ccc(OC)c(NC(=O)C2(C)CCN2C(=O)Cc2ccsc2)c1. The van der Waals surface area contributed by atoms with Gasteiger partial charge in [0.2, 0.25) is 11.8 Å². The number of anilines is 1. The maximum atomic E-state index is 12.9. The van der Waals surface area contributed by atoms with E-state index in [0.717, 1.165) is 5.56 Å². The maximum Gasteiger partial charge on any atom is 0.250 e. The topological polar surface area (TPSA) is 67.9 Å². The highest BCUT2D eigenvalue weighted by Crippen LogP contribution is 2.35. The smallest absolute Gasteiger partial charge is 0.250 e. The zero-order valence-electron chi connectivity index (χ0n) is 15.1. The summed E-state index contributed by atoms with van der Waals surface area (Å²) < 4.78 is 10.5. The molecule has 1 aromatic heterocycles. The molecule has 1 aromatic carbocycles. The minimum Gasteiger partial charge on any atom is -0.497 e. The van der Waals surface area contributed by atoms with Gasteiger partial charge < -0.3 is 19.7 Å². The molecule has 2 aromatic rings. The molecule has 138 valence electrons. The summed E-state index contributed by atoms with van der Waals surface area (Å²) in [5.41, 5.74) is 0.639. The van der Waals surface area contributed by atoms with Gasteiger partial charge in [-0.1, -0.05) is 0 Å². The molecule has 3 rings (SSSR count). The van der Waals surface area contributed by atoms with Crippen molar-refractivity contribution in [3.05, 3.63) is 40.6 Å². The summed E-state index contributed by atoms with van der Waals surface area (Å²) in [6.07, 6.45) is 0.940. The molecule has 1 fully saturated rings. The van der Waals surface area contributed by atoms with Gasteiger partial charge >= 0.3 is 0 Å². The summed E-state index contributed by atoms with van der Waals surface area (Å²) >= 11 is 1.56. The Morgan fingerprint density at radius 1 is 1.27 bits per heavy atom. The van der Waals surface area contributed by atoms with Crippen LogP contribution in [0.5, 0.6) is 11.5 Å². The zero-order chi connectivity index (χ0) is 18.7. The van der Waals surface area contributed by atoms with Crippen molar-refractivity contribution in [2.24, 2.45) is 0 Å². The van der Waals surface area contributed by atoms with Gasteiger partial charge in [0, 0.05) is 12.6 Å². The second-order valence-corrected chi connectivity index (χ2v) is 7.18. The molecule has 1 N–H and O–H groups in total. The first-order valence-corrected chi connectivity index (χ1v) is 9.27. The van der Waals surface area contributed by atoms with Crippen LogP contribution in [-0.2, 0) is 16.0 Å². The Labute approximate surface area is 156 Å². The van der Waals surface area contributed by atoms with E-state index in [1.165, 1.54) is 0 Å². The van der Waals surface area contributed by atoms with Crippen LogP contribution in [0.2, 0.25) is 0 Å². The molecule has 1 aliphatic rings. The number of ether oxygens (including phenoxy) is 2. The molecule has 2 heterocycles. The molecule has 0 bridgehead atoms. The minimum absolute atomic E-state index is 0.0371. The van der Waals surface area contributed by atoms with Crippen LogP contribution in [0.25, 0.3) is 0 Å². The average Bonchev–Trinajstić information content (AvgIpc) is 3.12. The first kappa shape index (κ1) is 18.3. The molecule has 1 unspecified atom stereocenters. The van der Waals surface area contributed by atoms with Crippen molar-refractivity contribution in [2.45, 2.75) is 25.3 Å². The van der Waals surface area contributed by atoms with Gasteiger partial charge in [-0.15, -0.1) is 0 Å². The van der Waals surface area contributed by atoms with Crippen molar-refractivity contribution >= 4 is 28.8 Å². The van der Waals surface area contributed by atoms with Crippen LogP contribution in [0, 0.1) is 0 Å². The summed E-state index contributed by atoms with van der Waals surface area (Å²) in [6.45, 7) is 2.38. The highest BCUT2D eigenvalue weighted by atomic mass is 32.1. The minimum atomic E-state index is -0.860. The number of nitrogens with zero attached hydrogens (tertiary/aromatic N) is 1. The fourth-order valence-electron chi connectivity index (χ4n) is 3.03. The van der Waals surface area contributed by atoms with Gasteiger partial charge in [-0.2, -0.15) is 11.3 Å². The van der Waals surface area contributed by atoms with Gasteiger partial charge in [-0.3, -0.25) is 9.59 Å². The lowest BCUT2D eigenvalue weighted by atomic mass is 9.85. The molecule has 0 radical (unpaired) electrons. The van der Waals surface area contributed by atoms with E-state index in [9.17, 15) is 9.59 Å². The van der Waals surface area contributed by atoms with Crippen LogP contribution < -0.4 is 14.8 Å². The van der Waals surface area contributed by atoms with Crippen LogP contribution in [0.15, 0.2) is 35.0 Å². The summed E-state index contributed by atoms with van der Waals surface area (Å²) in [5.74, 6) is 0.891. The standard InChI is InChI=1S/C19H22N2O4S/c1-19(7-8-21(19)17(22)10-13-6-9-26-12-13)18(23)20-15-11-14(24-2)4-5-16(15)25-3/h4-6,9,11-12H,7-8,10H2,1-3H3,(H,20,23). The van der Waals surface area contributed by atoms with Gasteiger partial charge in [0.25, 0.3) is 0 Å². The Bertz CT molecular complexity index is 806. The third kappa shape index (κ3) is 3.39. The molecule has 0 spiro atoms. The predicted octanol–water partition coefficient (Wildman–Crippen LogP) is 2.94. The van der Waals surface area contributed by atoms with E-state index in [1.54, 1.807) is 55.6 Å². The lowest BCUT2D eigenvalue weighted by Crippen LogP contribution is -2.66. The van der Waals surface area contributed by atoms with E-state index in [4.69, 9.17) is 9.47 Å². The van der Waals surface area contributed by atoms with E-state index in [1.807, 2.05) is 16.8 Å². The van der Waals surface area contributed by atoms with Crippen molar-refractivity contribution in [1.29, 1.82) is 0 Å². The van der Waals surface area contributed by atoms with Crippen LogP contribution >= 0.6 is 11.3 Å². The molecular weight excluding hydrogens is 352 g/mol. The molecule has 7 heteroatoms. The van der Waals surface area contributed by atoms with Gasteiger partial charge in [-0.25, -0.2) is 0 Å². The van der Waals surface area contributed by atoms with Gasteiger partial charge in [0.05, 0.1) is 26.3 Å². The number of methoxy groups -OCH3 is 2. The van der Waals surface area contributed by atoms with Crippen molar-refractivity contribution < 1.29 is 19.1 Å². The lowest BCUT2D eigenvalue weighted by Gasteiger charge is -2.49. The molecule has 0 aliphatic carbocycles. The molecule has 1 saturated heterocycles. The number of amides is 2. The number of benzene rings is 1. The quantitative estimate of drug-likeness (QED) is 0.844. The first-order valence-electron chi connectivity index (χ1n) is 8.33. The molecule has 6 nitrogen and oxygen atoms in total. The molecule has 0 saturated carbocycles. The Morgan fingerprint density at radius 2 is 2.08 bits per heavy atom. The molecule has 2 amide bonds. The second kappa shape index (κ2) is 7.37. The zero-order valence-corrected chi connectivity index (χ0v) is 15.9. The third-order valence-electron chi connectivity index (χ3n) is 4.80.